The molecule has 0 radical (unpaired) electrons. The third kappa shape index (κ3) is 23.4. The SMILES string of the molecule is CCC(O)S.OCCCS. The Morgan fingerprint density at radius 1 is 1.50 bits per heavy atom. The molecule has 4 heteroatoms. The molecule has 0 aliphatic rings. The fourth-order valence-electron chi connectivity index (χ4n) is 0.0707. The smallest absolute Gasteiger partial charge is 0.0962 e. The summed E-state index contributed by atoms with van der Waals surface area (Å²) in [6, 6.07) is 0. The van der Waals surface area contributed by atoms with Gasteiger partial charge in [0, 0.05) is 6.61 Å². The minimum Gasteiger partial charge on any atom is -0.396 e. The average molecular weight is 184 g/mol. The lowest BCUT2D eigenvalue weighted by molar-refractivity contribution is 0.261. The van der Waals surface area contributed by atoms with Gasteiger partial charge in [-0.3, -0.25) is 0 Å². The van der Waals surface area contributed by atoms with Gasteiger partial charge >= 0.3 is 0 Å². The van der Waals surface area contributed by atoms with Crippen molar-refractivity contribution in [2.24, 2.45) is 0 Å². The summed E-state index contributed by atoms with van der Waals surface area (Å²) in [6.45, 7) is 2.14. The molecule has 2 nitrogen and oxygen atoms in total. The summed E-state index contributed by atoms with van der Waals surface area (Å²) in [4.78, 5) is 0. The molecule has 0 aliphatic heterocycles. The lowest BCUT2D eigenvalue weighted by atomic mass is 10.5. The van der Waals surface area contributed by atoms with Gasteiger partial charge in [-0.25, -0.2) is 0 Å². The molecule has 0 aliphatic carbocycles. The molecule has 0 amide bonds. The fourth-order valence-corrected chi connectivity index (χ4v) is 0.212. The molecule has 0 aromatic heterocycles. The van der Waals surface area contributed by atoms with E-state index in [1.54, 1.807) is 0 Å². The summed E-state index contributed by atoms with van der Waals surface area (Å²) in [5, 5.41) is 16.2. The summed E-state index contributed by atoms with van der Waals surface area (Å²) in [5.74, 6) is 0.788. The van der Waals surface area contributed by atoms with Crippen LogP contribution in [0.2, 0.25) is 0 Å². The monoisotopic (exact) mass is 184 g/mol. The molecule has 0 saturated heterocycles. The van der Waals surface area contributed by atoms with Crippen molar-refractivity contribution < 1.29 is 10.2 Å². The van der Waals surface area contributed by atoms with Crippen LogP contribution in [0.3, 0.4) is 0 Å². The van der Waals surface area contributed by atoms with Crippen LogP contribution in [0.1, 0.15) is 19.8 Å². The van der Waals surface area contributed by atoms with Crippen LogP contribution in [0, 0.1) is 0 Å². The Morgan fingerprint density at radius 2 is 1.90 bits per heavy atom. The first-order valence-corrected chi connectivity index (χ1v) is 4.41. The Bertz CT molecular complexity index is 49.0. The molecule has 0 rings (SSSR count). The van der Waals surface area contributed by atoms with E-state index in [1.165, 1.54) is 0 Å². The molecular formula is C6H16O2S2. The van der Waals surface area contributed by atoms with E-state index in [2.05, 4.69) is 25.3 Å². The molecule has 10 heavy (non-hydrogen) atoms. The van der Waals surface area contributed by atoms with E-state index in [4.69, 9.17) is 10.2 Å². The molecule has 0 heterocycles. The van der Waals surface area contributed by atoms with E-state index in [0.717, 1.165) is 18.6 Å². The Balaban J connectivity index is 0. The maximum Gasteiger partial charge on any atom is 0.0962 e. The maximum absolute atomic E-state index is 8.23. The van der Waals surface area contributed by atoms with Crippen LogP contribution < -0.4 is 0 Å². The van der Waals surface area contributed by atoms with Crippen molar-refractivity contribution in [2.45, 2.75) is 25.2 Å². The molecule has 0 saturated carbocycles. The number of thiol groups is 2. The van der Waals surface area contributed by atoms with Crippen LogP contribution in [-0.2, 0) is 0 Å². The van der Waals surface area contributed by atoms with Crippen LogP contribution in [-0.4, -0.2) is 28.0 Å². The van der Waals surface area contributed by atoms with E-state index >= 15 is 0 Å². The molecular weight excluding hydrogens is 168 g/mol. The number of aliphatic hydroxyl groups is 2. The Hall–Kier alpha value is 0.620. The van der Waals surface area contributed by atoms with Crippen molar-refractivity contribution in [1.29, 1.82) is 0 Å². The third-order valence-corrected chi connectivity index (χ3v) is 1.36. The van der Waals surface area contributed by atoms with Crippen molar-refractivity contribution in [1.82, 2.24) is 0 Å². The summed E-state index contributed by atoms with van der Waals surface area (Å²) in [7, 11) is 0. The van der Waals surface area contributed by atoms with E-state index in [1.807, 2.05) is 6.92 Å². The van der Waals surface area contributed by atoms with Gasteiger partial charge in [0.05, 0.1) is 5.44 Å². The van der Waals surface area contributed by atoms with Gasteiger partial charge in [-0.2, -0.15) is 12.6 Å². The standard InChI is InChI=1S/2C3H8OS/c1-2-3(4)5;4-2-1-3-5/h3-5H,2H2,1H3;4-5H,1-3H2. The summed E-state index contributed by atoms with van der Waals surface area (Å²) in [5.41, 5.74) is -0.421. The largest absolute Gasteiger partial charge is 0.396 e. The first kappa shape index (κ1) is 13.2. The topological polar surface area (TPSA) is 40.5 Å². The van der Waals surface area contributed by atoms with E-state index in [9.17, 15) is 0 Å². The van der Waals surface area contributed by atoms with Crippen LogP contribution >= 0.6 is 25.3 Å². The zero-order valence-corrected chi connectivity index (χ0v) is 7.98. The Morgan fingerprint density at radius 3 is 1.90 bits per heavy atom. The highest BCUT2D eigenvalue weighted by Gasteiger charge is 1.82. The minimum absolute atomic E-state index is 0.267. The van der Waals surface area contributed by atoms with Gasteiger partial charge < -0.3 is 10.2 Å². The zero-order valence-electron chi connectivity index (χ0n) is 6.19. The second kappa shape index (κ2) is 12.3. The van der Waals surface area contributed by atoms with E-state index < -0.39 is 5.44 Å². The highest BCUT2D eigenvalue weighted by atomic mass is 32.1. The first-order chi connectivity index (χ1) is 4.68. The fraction of sp³-hybridized carbons (Fsp3) is 1.00. The van der Waals surface area contributed by atoms with Gasteiger partial charge in [0.2, 0.25) is 0 Å². The van der Waals surface area contributed by atoms with Crippen LogP contribution in [0.5, 0.6) is 0 Å². The second-order valence-corrected chi connectivity index (χ2v) is 2.73. The second-order valence-electron chi connectivity index (χ2n) is 1.69. The highest BCUT2D eigenvalue weighted by Crippen LogP contribution is 1.90. The van der Waals surface area contributed by atoms with Gasteiger partial charge in [0.1, 0.15) is 0 Å². The lowest BCUT2D eigenvalue weighted by Crippen LogP contribution is -1.88. The van der Waals surface area contributed by atoms with Crippen LogP contribution in [0.25, 0.3) is 0 Å². The number of hydrogen-bond donors (Lipinski definition) is 4. The quantitative estimate of drug-likeness (QED) is 0.389. The molecule has 1 unspecified atom stereocenters. The molecule has 0 aromatic carbocycles. The van der Waals surface area contributed by atoms with Gasteiger partial charge in [0.15, 0.2) is 0 Å². The minimum atomic E-state index is -0.421. The molecule has 2 N–H and O–H groups in total. The third-order valence-electron chi connectivity index (χ3n) is 0.681. The van der Waals surface area contributed by atoms with Crippen LogP contribution in [0.15, 0.2) is 0 Å². The normalized spacial score (nSPS) is 11.7. The van der Waals surface area contributed by atoms with Crippen LogP contribution in [0.4, 0.5) is 0 Å². The van der Waals surface area contributed by atoms with Gasteiger partial charge in [-0.1, -0.05) is 6.92 Å². The van der Waals surface area contributed by atoms with Crippen molar-refractivity contribution in [2.75, 3.05) is 12.4 Å². The van der Waals surface area contributed by atoms with Gasteiger partial charge in [-0.15, -0.1) is 12.6 Å². The molecule has 0 spiro atoms. The van der Waals surface area contributed by atoms with Gasteiger partial charge in [0.25, 0.3) is 0 Å². The number of hydrogen-bond acceptors (Lipinski definition) is 4. The lowest BCUT2D eigenvalue weighted by Gasteiger charge is -1.89. The Labute approximate surface area is 73.5 Å². The summed E-state index contributed by atoms with van der Waals surface area (Å²) < 4.78 is 0. The van der Waals surface area contributed by atoms with Gasteiger partial charge in [-0.05, 0) is 18.6 Å². The maximum atomic E-state index is 8.23. The van der Waals surface area contributed by atoms with Crippen molar-refractivity contribution in [3.05, 3.63) is 0 Å². The molecule has 1 atom stereocenters. The molecule has 64 valence electrons. The predicted molar refractivity (Wildman–Crippen MR) is 50.8 cm³/mol. The summed E-state index contributed by atoms with van der Waals surface area (Å²) >= 11 is 7.49. The number of aliphatic hydroxyl groups excluding tert-OH is 2. The van der Waals surface area contributed by atoms with Crippen molar-refractivity contribution >= 4 is 25.3 Å². The predicted octanol–water partition coefficient (Wildman–Crippen LogP) is 0.943. The molecule has 0 aromatic rings. The average Bonchev–Trinajstić information content (AvgIpc) is 1.91. The van der Waals surface area contributed by atoms with E-state index in [-0.39, 0.29) is 6.61 Å². The number of rotatable bonds is 3. The first-order valence-electron chi connectivity index (χ1n) is 3.26. The van der Waals surface area contributed by atoms with Crippen molar-refractivity contribution in [3.8, 4) is 0 Å². The molecule has 0 bridgehead atoms. The molecule has 0 fully saturated rings. The van der Waals surface area contributed by atoms with E-state index in [0.29, 0.717) is 0 Å². The summed E-state index contributed by atoms with van der Waals surface area (Å²) in [6.07, 6.45) is 1.53. The van der Waals surface area contributed by atoms with Crippen molar-refractivity contribution in [3.63, 3.8) is 0 Å². The zero-order chi connectivity index (χ0) is 8.41. The Kier molecular flexibility index (Phi) is 16.3. The highest BCUT2D eigenvalue weighted by molar-refractivity contribution is 7.80.